The van der Waals surface area contributed by atoms with E-state index >= 15 is 0 Å². The molecule has 0 atom stereocenters. The van der Waals surface area contributed by atoms with E-state index in [-0.39, 0.29) is 12.4 Å². The normalized spacial score (nSPS) is 24.0. The Morgan fingerprint density at radius 1 is 1.07 bits per heavy atom. The number of hydrogen-bond acceptors (Lipinski definition) is 2. The van der Waals surface area contributed by atoms with E-state index in [1.54, 1.807) is 0 Å². The van der Waals surface area contributed by atoms with Crippen LogP contribution in [0.15, 0.2) is 0 Å². The van der Waals surface area contributed by atoms with Crippen molar-refractivity contribution in [2.75, 3.05) is 13.1 Å². The zero-order valence-electron chi connectivity index (χ0n) is 9.33. The van der Waals surface area contributed by atoms with Gasteiger partial charge < -0.3 is 5.32 Å². The lowest BCUT2D eigenvalue weighted by Gasteiger charge is -2.44. The lowest BCUT2D eigenvalue weighted by Crippen LogP contribution is -2.61. The molecule has 2 fully saturated rings. The Balaban J connectivity index is 0.000000980. The van der Waals surface area contributed by atoms with E-state index in [2.05, 4.69) is 24.1 Å². The molecule has 0 amide bonds. The highest BCUT2D eigenvalue weighted by Crippen LogP contribution is 2.27. The van der Waals surface area contributed by atoms with Crippen LogP contribution in [0.25, 0.3) is 0 Å². The Bertz CT molecular complexity index is 163. The van der Waals surface area contributed by atoms with Gasteiger partial charge in [-0.25, -0.2) is 0 Å². The summed E-state index contributed by atoms with van der Waals surface area (Å²) in [5.41, 5.74) is 0. The first kappa shape index (κ1) is 12.3. The predicted octanol–water partition coefficient (Wildman–Crippen LogP) is 2.03. The number of halogens is 1. The van der Waals surface area contributed by atoms with Gasteiger partial charge in [0.25, 0.3) is 0 Å². The van der Waals surface area contributed by atoms with Crippen LogP contribution >= 0.6 is 12.4 Å². The van der Waals surface area contributed by atoms with E-state index in [0.29, 0.717) is 0 Å². The van der Waals surface area contributed by atoms with Crippen molar-refractivity contribution in [3.05, 3.63) is 0 Å². The quantitative estimate of drug-likeness (QED) is 0.780. The molecule has 1 aliphatic heterocycles. The molecule has 2 nitrogen and oxygen atoms in total. The van der Waals surface area contributed by atoms with Crippen molar-refractivity contribution in [1.82, 2.24) is 10.2 Å². The highest BCUT2D eigenvalue weighted by Gasteiger charge is 2.33. The molecule has 0 bridgehead atoms. The smallest absolute Gasteiger partial charge is 0.0351 e. The minimum atomic E-state index is 0. The molecule has 0 aromatic carbocycles. The Kier molecular flexibility index (Phi) is 4.68. The molecule has 2 rings (SSSR count). The van der Waals surface area contributed by atoms with Crippen LogP contribution in [0.5, 0.6) is 0 Å². The Morgan fingerprint density at radius 2 is 1.64 bits per heavy atom. The van der Waals surface area contributed by atoms with Crippen LogP contribution in [0.3, 0.4) is 0 Å². The number of rotatable bonds is 3. The van der Waals surface area contributed by atoms with Gasteiger partial charge in [0.05, 0.1) is 0 Å². The summed E-state index contributed by atoms with van der Waals surface area (Å²) in [5, 5.41) is 3.38. The minimum Gasteiger partial charge on any atom is -0.314 e. The summed E-state index contributed by atoms with van der Waals surface area (Å²) >= 11 is 0. The van der Waals surface area contributed by atoms with Crippen molar-refractivity contribution in [1.29, 1.82) is 0 Å². The first-order valence-corrected chi connectivity index (χ1v) is 5.77. The van der Waals surface area contributed by atoms with Crippen molar-refractivity contribution in [2.24, 2.45) is 0 Å². The molecule has 0 radical (unpaired) electrons. The Labute approximate surface area is 93.8 Å². The van der Waals surface area contributed by atoms with Crippen LogP contribution in [-0.2, 0) is 0 Å². The second-order valence-corrected chi connectivity index (χ2v) is 4.79. The second kappa shape index (κ2) is 5.34. The maximum absolute atomic E-state index is 3.38. The second-order valence-electron chi connectivity index (χ2n) is 4.79. The van der Waals surface area contributed by atoms with Gasteiger partial charge in [-0.05, 0) is 26.7 Å². The molecule has 0 aromatic rings. The summed E-state index contributed by atoms with van der Waals surface area (Å²) in [5.74, 6) is 0. The summed E-state index contributed by atoms with van der Waals surface area (Å²) in [6.07, 6.45) is 5.78. The average molecular weight is 219 g/mol. The van der Waals surface area contributed by atoms with Gasteiger partial charge in [0.2, 0.25) is 0 Å². The number of nitrogens with zero attached hydrogens (tertiary/aromatic N) is 1. The van der Waals surface area contributed by atoms with Gasteiger partial charge in [-0.1, -0.05) is 12.8 Å². The summed E-state index contributed by atoms with van der Waals surface area (Å²) in [4.78, 5) is 2.75. The first-order chi connectivity index (χ1) is 6.29. The van der Waals surface area contributed by atoms with Gasteiger partial charge in [0, 0.05) is 31.2 Å². The Morgan fingerprint density at radius 3 is 2.00 bits per heavy atom. The standard InChI is InChI=1S/C11H22N2.ClH/c1-9(2)13(11-7-12-8-11)10-5-3-4-6-10;/h9-12H,3-8H2,1-2H3;1H. The predicted molar refractivity (Wildman–Crippen MR) is 63.1 cm³/mol. The van der Waals surface area contributed by atoms with Crippen molar-refractivity contribution in [3.63, 3.8) is 0 Å². The van der Waals surface area contributed by atoms with Gasteiger partial charge >= 0.3 is 0 Å². The number of nitrogens with one attached hydrogen (secondary N) is 1. The van der Waals surface area contributed by atoms with E-state index in [0.717, 1.165) is 18.1 Å². The molecule has 2 aliphatic rings. The van der Waals surface area contributed by atoms with Crippen LogP contribution in [-0.4, -0.2) is 36.1 Å². The van der Waals surface area contributed by atoms with Crippen molar-refractivity contribution in [3.8, 4) is 0 Å². The fraction of sp³-hybridized carbons (Fsp3) is 1.00. The molecule has 1 heterocycles. The molecule has 84 valence electrons. The molecule has 0 unspecified atom stereocenters. The van der Waals surface area contributed by atoms with Gasteiger partial charge in [-0.3, -0.25) is 4.90 Å². The third-order valence-corrected chi connectivity index (χ3v) is 3.52. The molecule has 1 N–H and O–H groups in total. The highest BCUT2D eigenvalue weighted by atomic mass is 35.5. The van der Waals surface area contributed by atoms with E-state index in [4.69, 9.17) is 0 Å². The topological polar surface area (TPSA) is 15.3 Å². The van der Waals surface area contributed by atoms with E-state index in [1.165, 1.54) is 38.8 Å². The van der Waals surface area contributed by atoms with Crippen LogP contribution in [0.2, 0.25) is 0 Å². The SMILES string of the molecule is CC(C)N(C1CCCC1)C1CNC1.Cl. The van der Waals surface area contributed by atoms with E-state index in [9.17, 15) is 0 Å². The summed E-state index contributed by atoms with van der Waals surface area (Å²) in [6.45, 7) is 7.12. The molecule has 1 saturated carbocycles. The van der Waals surface area contributed by atoms with Crippen LogP contribution < -0.4 is 5.32 Å². The molecule has 0 spiro atoms. The zero-order chi connectivity index (χ0) is 9.26. The zero-order valence-corrected chi connectivity index (χ0v) is 10.1. The monoisotopic (exact) mass is 218 g/mol. The Hall–Kier alpha value is 0.210. The minimum absolute atomic E-state index is 0. The van der Waals surface area contributed by atoms with Gasteiger partial charge in [-0.15, -0.1) is 12.4 Å². The van der Waals surface area contributed by atoms with E-state index < -0.39 is 0 Å². The van der Waals surface area contributed by atoms with Crippen molar-refractivity contribution >= 4 is 12.4 Å². The van der Waals surface area contributed by atoms with Crippen LogP contribution in [0.1, 0.15) is 39.5 Å². The van der Waals surface area contributed by atoms with Gasteiger partial charge in [0.1, 0.15) is 0 Å². The summed E-state index contributed by atoms with van der Waals surface area (Å²) < 4.78 is 0. The van der Waals surface area contributed by atoms with E-state index in [1.807, 2.05) is 0 Å². The maximum atomic E-state index is 3.38. The lowest BCUT2D eigenvalue weighted by atomic mass is 10.0. The highest BCUT2D eigenvalue weighted by molar-refractivity contribution is 5.85. The summed E-state index contributed by atoms with van der Waals surface area (Å²) in [6, 6.07) is 2.46. The average Bonchev–Trinajstić information content (AvgIpc) is 2.46. The van der Waals surface area contributed by atoms with Crippen LogP contribution in [0, 0.1) is 0 Å². The van der Waals surface area contributed by atoms with Crippen molar-refractivity contribution in [2.45, 2.75) is 57.7 Å². The van der Waals surface area contributed by atoms with Gasteiger partial charge in [0.15, 0.2) is 0 Å². The third-order valence-electron chi connectivity index (χ3n) is 3.52. The molecule has 0 aromatic heterocycles. The number of hydrogen-bond donors (Lipinski definition) is 1. The molecule has 3 heteroatoms. The van der Waals surface area contributed by atoms with Crippen molar-refractivity contribution < 1.29 is 0 Å². The molecule has 14 heavy (non-hydrogen) atoms. The molecule has 1 aliphatic carbocycles. The largest absolute Gasteiger partial charge is 0.314 e. The lowest BCUT2D eigenvalue weighted by molar-refractivity contribution is 0.0649. The molecule has 1 saturated heterocycles. The van der Waals surface area contributed by atoms with Crippen LogP contribution in [0.4, 0.5) is 0 Å². The first-order valence-electron chi connectivity index (χ1n) is 5.77. The summed E-state index contributed by atoms with van der Waals surface area (Å²) in [7, 11) is 0. The maximum Gasteiger partial charge on any atom is 0.0351 e. The fourth-order valence-corrected chi connectivity index (χ4v) is 2.83. The fourth-order valence-electron chi connectivity index (χ4n) is 2.83. The molecular weight excluding hydrogens is 196 g/mol. The third kappa shape index (κ3) is 2.41. The van der Waals surface area contributed by atoms with Gasteiger partial charge in [-0.2, -0.15) is 0 Å². The molecular formula is C11H23ClN2.